The largest absolute Gasteiger partial charge is 0.461 e. The van der Waals surface area contributed by atoms with Crippen molar-refractivity contribution in [2.75, 3.05) is 4.90 Å². The van der Waals surface area contributed by atoms with Crippen LogP contribution < -0.4 is 4.90 Å². The van der Waals surface area contributed by atoms with Gasteiger partial charge in [0.2, 0.25) is 21.4 Å². The molecule has 2 unspecified atom stereocenters. The SMILES string of the molecule is O=C1C(=O)N(c2ncc(S(=O)(=O)c3ccc([N+](=O)[O-])cc3)s2)C(C2CC2)C1C(=O)c1ccco1. The highest BCUT2D eigenvalue weighted by Crippen LogP contribution is 2.46. The number of furan rings is 1. The minimum absolute atomic E-state index is 0.00881. The van der Waals surface area contributed by atoms with Gasteiger partial charge in [0.05, 0.1) is 28.3 Å². The number of sulfone groups is 1. The van der Waals surface area contributed by atoms with E-state index < -0.39 is 44.2 Å². The van der Waals surface area contributed by atoms with Gasteiger partial charge in [-0.2, -0.15) is 0 Å². The Bertz CT molecular complexity index is 1420. The molecule has 11 nitrogen and oxygen atoms in total. The number of hydrogen-bond acceptors (Lipinski definition) is 10. The second-order valence-corrected chi connectivity index (χ2v) is 11.1. The number of non-ortho nitro benzene ring substituents is 1. The number of nitro groups is 1. The van der Waals surface area contributed by atoms with Crippen molar-refractivity contribution < 1.29 is 32.1 Å². The zero-order chi connectivity index (χ0) is 24.2. The Labute approximate surface area is 196 Å². The van der Waals surface area contributed by atoms with Gasteiger partial charge in [0, 0.05) is 12.1 Å². The number of carbonyl (C=O) groups is 3. The topological polar surface area (TPSA) is 158 Å². The van der Waals surface area contributed by atoms with Crippen LogP contribution in [0.4, 0.5) is 10.8 Å². The van der Waals surface area contributed by atoms with Crippen molar-refractivity contribution >= 4 is 49.5 Å². The first kappa shape index (κ1) is 22.1. The maximum Gasteiger partial charge on any atom is 0.297 e. The number of carbonyl (C=O) groups excluding carboxylic acids is 3. The van der Waals surface area contributed by atoms with Crippen molar-refractivity contribution in [2.45, 2.75) is 28.0 Å². The smallest absolute Gasteiger partial charge is 0.297 e. The van der Waals surface area contributed by atoms with Crippen LogP contribution in [0, 0.1) is 22.0 Å². The third-order valence-electron chi connectivity index (χ3n) is 5.80. The highest BCUT2D eigenvalue weighted by atomic mass is 32.2. The van der Waals surface area contributed by atoms with E-state index in [2.05, 4.69) is 4.98 Å². The molecule has 2 aromatic heterocycles. The summed E-state index contributed by atoms with van der Waals surface area (Å²) in [4.78, 5) is 53.9. The van der Waals surface area contributed by atoms with Gasteiger partial charge in [-0.15, -0.1) is 0 Å². The fourth-order valence-corrected chi connectivity index (χ4v) is 6.59. The van der Waals surface area contributed by atoms with Crippen LogP contribution in [0.1, 0.15) is 23.4 Å². The summed E-state index contributed by atoms with van der Waals surface area (Å²) >= 11 is 0.694. The van der Waals surface area contributed by atoms with E-state index in [1.54, 1.807) is 0 Å². The van der Waals surface area contributed by atoms with Gasteiger partial charge in [-0.1, -0.05) is 11.3 Å². The van der Waals surface area contributed by atoms with Crippen LogP contribution in [0.2, 0.25) is 0 Å². The van der Waals surface area contributed by atoms with Crippen LogP contribution >= 0.6 is 11.3 Å². The molecule has 1 aliphatic heterocycles. The second kappa shape index (κ2) is 7.95. The van der Waals surface area contributed by atoms with Gasteiger partial charge in [0.15, 0.2) is 10.9 Å². The highest BCUT2D eigenvalue weighted by Gasteiger charge is 2.57. The van der Waals surface area contributed by atoms with E-state index in [4.69, 9.17) is 4.42 Å². The normalized spacial score (nSPS) is 20.6. The third kappa shape index (κ3) is 3.53. The van der Waals surface area contributed by atoms with Crippen molar-refractivity contribution in [3.8, 4) is 0 Å². The Morgan fingerprint density at radius 1 is 1.18 bits per heavy atom. The summed E-state index contributed by atoms with van der Waals surface area (Å²) in [5, 5.41) is 10.8. The number of hydrogen-bond donors (Lipinski definition) is 0. The molecule has 13 heteroatoms. The number of anilines is 1. The van der Waals surface area contributed by atoms with Crippen molar-refractivity contribution in [3.63, 3.8) is 0 Å². The van der Waals surface area contributed by atoms with Gasteiger partial charge in [0.1, 0.15) is 10.1 Å². The lowest BCUT2D eigenvalue weighted by molar-refractivity contribution is -0.384. The van der Waals surface area contributed by atoms with Gasteiger partial charge < -0.3 is 4.42 Å². The molecule has 0 N–H and O–H groups in total. The molecule has 1 saturated carbocycles. The zero-order valence-corrected chi connectivity index (χ0v) is 18.8. The van der Waals surface area contributed by atoms with E-state index in [-0.39, 0.29) is 31.6 Å². The lowest BCUT2D eigenvalue weighted by Crippen LogP contribution is -2.39. The molecule has 2 fully saturated rings. The van der Waals surface area contributed by atoms with Crippen LogP contribution in [0.5, 0.6) is 0 Å². The Morgan fingerprint density at radius 3 is 2.47 bits per heavy atom. The van der Waals surface area contributed by atoms with E-state index >= 15 is 0 Å². The van der Waals surface area contributed by atoms with E-state index in [1.165, 1.54) is 18.4 Å². The first-order chi connectivity index (χ1) is 16.2. The summed E-state index contributed by atoms with van der Waals surface area (Å²) in [5.74, 6) is -3.79. The van der Waals surface area contributed by atoms with Crippen molar-refractivity contribution in [1.82, 2.24) is 4.98 Å². The fraction of sp³-hybridized carbons (Fsp3) is 0.238. The summed E-state index contributed by atoms with van der Waals surface area (Å²) < 4.78 is 31.0. The van der Waals surface area contributed by atoms with Crippen LogP contribution in [-0.2, 0) is 19.4 Å². The molecule has 1 aliphatic carbocycles. The summed E-state index contributed by atoms with van der Waals surface area (Å²) in [7, 11) is -4.08. The molecule has 0 spiro atoms. The van der Waals surface area contributed by atoms with E-state index in [1.807, 2.05) is 0 Å². The number of ketones is 2. The Morgan fingerprint density at radius 2 is 1.88 bits per heavy atom. The third-order valence-corrected chi connectivity index (χ3v) is 9.03. The molecule has 0 radical (unpaired) electrons. The van der Waals surface area contributed by atoms with Gasteiger partial charge >= 0.3 is 0 Å². The van der Waals surface area contributed by atoms with Crippen molar-refractivity contribution in [1.29, 1.82) is 0 Å². The molecule has 0 bridgehead atoms. The minimum atomic E-state index is -4.08. The molecule has 1 aromatic carbocycles. The molecule has 1 amide bonds. The van der Waals surface area contributed by atoms with Crippen LogP contribution in [0.25, 0.3) is 0 Å². The Hall–Kier alpha value is -3.71. The van der Waals surface area contributed by atoms with Crippen LogP contribution in [0.15, 0.2) is 62.4 Å². The van der Waals surface area contributed by atoms with E-state index in [9.17, 15) is 32.9 Å². The monoisotopic (exact) mass is 501 g/mol. The van der Waals surface area contributed by atoms with Crippen molar-refractivity contribution in [3.05, 3.63) is 64.7 Å². The van der Waals surface area contributed by atoms with Crippen LogP contribution in [-0.4, -0.2) is 41.8 Å². The number of nitrogens with zero attached hydrogens (tertiary/aromatic N) is 3. The first-order valence-corrected chi connectivity index (χ1v) is 12.4. The average Bonchev–Trinajstić information content (AvgIpc) is 3.21. The molecule has 34 heavy (non-hydrogen) atoms. The quantitative estimate of drug-likeness (QED) is 0.156. The standard InChI is InChI=1S/C21H15N3O8S2/c25-18(14-2-1-9-32-14)16-17(11-3-4-11)23(20(27)19(16)26)21-22-10-15(33-21)34(30,31)13-7-5-12(6-8-13)24(28)29/h1-2,5-11,16-17H,3-4H2. The average molecular weight is 501 g/mol. The fourth-order valence-electron chi connectivity index (χ4n) is 4.02. The number of Topliss-reactive ketones (excluding diaryl/α,β-unsaturated/α-hetero) is 2. The molecule has 5 rings (SSSR count). The highest BCUT2D eigenvalue weighted by molar-refractivity contribution is 7.93. The molecule has 1 saturated heterocycles. The summed E-state index contributed by atoms with van der Waals surface area (Å²) in [6, 6.07) is 6.53. The van der Waals surface area contributed by atoms with E-state index in [0.717, 1.165) is 35.4 Å². The minimum Gasteiger partial charge on any atom is -0.461 e. The van der Waals surface area contributed by atoms with Gasteiger partial charge in [-0.05, 0) is 43.0 Å². The first-order valence-electron chi connectivity index (χ1n) is 10.1. The molecule has 174 valence electrons. The number of rotatable bonds is 7. The van der Waals surface area contributed by atoms with Crippen LogP contribution in [0.3, 0.4) is 0 Å². The summed E-state index contributed by atoms with van der Waals surface area (Å²) in [5.41, 5.74) is -0.260. The number of thiazole rings is 1. The predicted molar refractivity (Wildman–Crippen MR) is 116 cm³/mol. The Balaban J connectivity index is 1.49. The van der Waals surface area contributed by atoms with Gasteiger partial charge in [0.25, 0.3) is 11.6 Å². The lowest BCUT2D eigenvalue weighted by Gasteiger charge is -2.23. The molecular weight excluding hydrogens is 486 g/mol. The molecule has 2 aliphatic rings. The molecule has 3 aromatic rings. The maximum absolute atomic E-state index is 13.0. The lowest BCUT2D eigenvalue weighted by atomic mass is 9.90. The molecular formula is C21H15N3O8S2. The summed E-state index contributed by atoms with van der Waals surface area (Å²) in [6.45, 7) is 0. The van der Waals surface area contributed by atoms with Gasteiger partial charge in [-0.3, -0.25) is 29.4 Å². The van der Waals surface area contributed by atoms with Gasteiger partial charge in [-0.25, -0.2) is 13.4 Å². The number of benzene rings is 1. The summed E-state index contributed by atoms with van der Waals surface area (Å²) in [6.07, 6.45) is 3.79. The zero-order valence-electron chi connectivity index (χ0n) is 17.2. The second-order valence-electron chi connectivity index (χ2n) is 7.90. The molecule has 2 atom stereocenters. The number of aromatic nitrogens is 1. The maximum atomic E-state index is 13.0. The number of nitro benzene ring substituents is 1. The van der Waals surface area contributed by atoms with Crippen molar-refractivity contribution in [2.24, 2.45) is 11.8 Å². The predicted octanol–water partition coefficient (Wildman–Crippen LogP) is 2.67. The number of amides is 1. The Kier molecular flexibility index (Phi) is 5.17. The van der Waals surface area contributed by atoms with E-state index in [0.29, 0.717) is 24.2 Å². The molecule has 3 heterocycles.